The second-order valence-corrected chi connectivity index (χ2v) is 4.36. The van der Waals surface area contributed by atoms with Gasteiger partial charge in [-0.25, -0.2) is 4.79 Å². The first-order valence-electron chi connectivity index (χ1n) is 5.46. The number of carbonyl (C=O) groups is 2. The molecule has 1 saturated carbocycles. The molecule has 90 valence electrons. The Morgan fingerprint density at radius 3 is 2.88 bits per heavy atom. The maximum Gasteiger partial charge on any atom is 0.330 e. The van der Waals surface area contributed by atoms with E-state index in [1.165, 1.54) is 13.2 Å². The number of Topliss-reactive ketones (excluding diaryl/α,β-unsaturated/α-hetero) is 1. The highest BCUT2D eigenvalue weighted by molar-refractivity contribution is 5.87. The smallest absolute Gasteiger partial charge is 0.330 e. The van der Waals surface area contributed by atoms with Gasteiger partial charge in [-0.3, -0.25) is 4.79 Å². The second-order valence-electron chi connectivity index (χ2n) is 4.36. The van der Waals surface area contributed by atoms with Crippen molar-refractivity contribution in [1.29, 1.82) is 0 Å². The van der Waals surface area contributed by atoms with E-state index in [0.29, 0.717) is 25.7 Å². The first kappa shape index (κ1) is 12.9. The molecule has 1 fully saturated rings. The summed E-state index contributed by atoms with van der Waals surface area (Å²) in [6, 6.07) is 0. The van der Waals surface area contributed by atoms with E-state index >= 15 is 0 Å². The Labute approximate surface area is 95.3 Å². The molecule has 0 bridgehead atoms. The van der Waals surface area contributed by atoms with Crippen LogP contribution in [0.15, 0.2) is 12.2 Å². The van der Waals surface area contributed by atoms with Crippen LogP contribution in [-0.2, 0) is 14.3 Å². The molecule has 1 N–H and O–H groups in total. The minimum absolute atomic E-state index is 0.117. The third-order valence-electron chi connectivity index (χ3n) is 3.30. The fraction of sp³-hybridized carbons (Fsp3) is 0.667. The fourth-order valence-corrected chi connectivity index (χ4v) is 1.99. The number of aliphatic hydroxyl groups is 1. The Balaban J connectivity index is 2.45. The molecular weight excluding hydrogens is 208 g/mol. The molecule has 0 saturated heterocycles. The second kappa shape index (κ2) is 5.25. The van der Waals surface area contributed by atoms with Gasteiger partial charge in [0.1, 0.15) is 5.78 Å². The normalized spacial score (nSPS) is 29.9. The van der Waals surface area contributed by atoms with Gasteiger partial charge in [-0.2, -0.15) is 0 Å². The fourth-order valence-electron chi connectivity index (χ4n) is 1.99. The van der Waals surface area contributed by atoms with E-state index in [1.54, 1.807) is 13.0 Å². The van der Waals surface area contributed by atoms with Crippen LogP contribution in [0.4, 0.5) is 0 Å². The first-order valence-corrected chi connectivity index (χ1v) is 5.46. The molecule has 1 aliphatic rings. The number of ether oxygens (including phenoxy) is 1. The molecule has 0 aliphatic heterocycles. The number of ketones is 1. The molecule has 16 heavy (non-hydrogen) atoms. The largest absolute Gasteiger partial charge is 0.466 e. The van der Waals surface area contributed by atoms with Crippen LogP contribution in [0, 0.1) is 5.41 Å². The topological polar surface area (TPSA) is 63.6 Å². The molecule has 0 aromatic rings. The number of hydrogen-bond donors (Lipinski definition) is 1. The van der Waals surface area contributed by atoms with Crippen molar-refractivity contribution in [3.8, 4) is 0 Å². The van der Waals surface area contributed by atoms with E-state index in [4.69, 9.17) is 0 Å². The number of allylic oxidation sites excluding steroid dienone is 1. The summed E-state index contributed by atoms with van der Waals surface area (Å²) >= 11 is 0. The lowest BCUT2D eigenvalue weighted by Crippen LogP contribution is -2.32. The van der Waals surface area contributed by atoms with Gasteiger partial charge >= 0.3 is 5.97 Å². The van der Waals surface area contributed by atoms with Gasteiger partial charge in [0.15, 0.2) is 0 Å². The molecule has 0 unspecified atom stereocenters. The number of carbonyl (C=O) groups excluding carboxylic acids is 2. The standard InChI is InChI=1S/C12H18O4/c1-12(9(13)6-7-10(12)14)8-4-3-5-11(15)16-2/h3,5,9,13H,4,6-8H2,1-2H3/b5-3+/t9-,12-/m1/s1. The van der Waals surface area contributed by atoms with Crippen molar-refractivity contribution < 1.29 is 19.4 Å². The summed E-state index contributed by atoms with van der Waals surface area (Å²) in [6.45, 7) is 1.79. The Kier molecular flexibility index (Phi) is 4.24. The van der Waals surface area contributed by atoms with Gasteiger partial charge in [-0.15, -0.1) is 0 Å². The molecule has 4 heteroatoms. The van der Waals surface area contributed by atoms with Gasteiger partial charge in [-0.05, 0) is 19.3 Å². The lowest BCUT2D eigenvalue weighted by Gasteiger charge is -2.25. The van der Waals surface area contributed by atoms with Crippen molar-refractivity contribution in [2.75, 3.05) is 7.11 Å². The van der Waals surface area contributed by atoms with Crippen molar-refractivity contribution in [3.05, 3.63) is 12.2 Å². The highest BCUT2D eigenvalue weighted by Crippen LogP contribution is 2.38. The van der Waals surface area contributed by atoms with E-state index in [1.807, 2.05) is 0 Å². The Morgan fingerprint density at radius 1 is 1.69 bits per heavy atom. The molecule has 0 spiro atoms. The molecule has 0 radical (unpaired) electrons. The van der Waals surface area contributed by atoms with Crippen molar-refractivity contribution in [1.82, 2.24) is 0 Å². The summed E-state index contributed by atoms with van der Waals surface area (Å²) in [5, 5.41) is 9.74. The number of esters is 1. The maximum absolute atomic E-state index is 11.6. The van der Waals surface area contributed by atoms with Gasteiger partial charge in [0.25, 0.3) is 0 Å². The predicted molar refractivity (Wildman–Crippen MR) is 58.7 cm³/mol. The maximum atomic E-state index is 11.6. The van der Waals surface area contributed by atoms with E-state index in [0.717, 1.165) is 0 Å². The molecule has 0 aromatic carbocycles. The zero-order valence-corrected chi connectivity index (χ0v) is 9.73. The van der Waals surface area contributed by atoms with Gasteiger partial charge < -0.3 is 9.84 Å². The highest BCUT2D eigenvalue weighted by atomic mass is 16.5. The molecule has 0 heterocycles. The van der Waals surface area contributed by atoms with Crippen LogP contribution in [0.1, 0.15) is 32.6 Å². The Hall–Kier alpha value is -1.16. The lowest BCUT2D eigenvalue weighted by atomic mass is 9.81. The lowest BCUT2D eigenvalue weighted by molar-refractivity contribution is -0.134. The van der Waals surface area contributed by atoms with Crippen LogP contribution in [0.2, 0.25) is 0 Å². The van der Waals surface area contributed by atoms with Crippen molar-refractivity contribution in [3.63, 3.8) is 0 Å². The SMILES string of the molecule is COC(=O)/C=C/CC[C@@]1(C)C(=O)CC[C@H]1O. The van der Waals surface area contributed by atoms with Crippen molar-refractivity contribution in [2.24, 2.45) is 5.41 Å². The zero-order chi connectivity index (χ0) is 12.2. The molecule has 2 atom stereocenters. The summed E-state index contributed by atoms with van der Waals surface area (Å²) < 4.78 is 4.45. The quantitative estimate of drug-likeness (QED) is 0.578. The number of rotatable bonds is 4. The molecule has 1 rings (SSSR count). The van der Waals surface area contributed by atoms with E-state index in [2.05, 4.69) is 4.74 Å². The van der Waals surface area contributed by atoms with Crippen molar-refractivity contribution >= 4 is 11.8 Å². The van der Waals surface area contributed by atoms with Crippen LogP contribution in [0.25, 0.3) is 0 Å². The van der Waals surface area contributed by atoms with Crippen LogP contribution >= 0.6 is 0 Å². The van der Waals surface area contributed by atoms with Gasteiger partial charge in [-0.1, -0.05) is 13.0 Å². The third kappa shape index (κ3) is 2.70. The van der Waals surface area contributed by atoms with Gasteiger partial charge in [0.05, 0.1) is 18.6 Å². The molecule has 0 aromatic heterocycles. The molecular formula is C12H18O4. The predicted octanol–water partition coefficient (Wildman–Crippen LogP) is 1.23. The van der Waals surface area contributed by atoms with Gasteiger partial charge in [0, 0.05) is 12.5 Å². The summed E-state index contributed by atoms with van der Waals surface area (Å²) in [5.74, 6) is -0.282. The monoisotopic (exact) mass is 226 g/mol. The van der Waals surface area contributed by atoms with Crippen LogP contribution in [0.3, 0.4) is 0 Å². The van der Waals surface area contributed by atoms with Crippen LogP contribution in [-0.4, -0.2) is 30.1 Å². The van der Waals surface area contributed by atoms with Crippen LogP contribution < -0.4 is 0 Å². The average molecular weight is 226 g/mol. The number of hydrogen-bond acceptors (Lipinski definition) is 4. The number of methoxy groups -OCH3 is 1. The minimum atomic E-state index is -0.638. The van der Waals surface area contributed by atoms with E-state index in [9.17, 15) is 14.7 Å². The zero-order valence-electron chi connectivity index (χ0n) is 9.73. The van der Waals surface area contributed by atoms with Crippen LogP contribution in [0.5, 0.6) is 0 Å². The summed E-state index contributed by atoms with van der Waals surface area (Å²) in [4.78, 5) is 22.4. The average Bonchev–Trinajstić information content (AvgIpc) is 2.52. The van der Waals surface area contributed by atoms with E-state index in [-0.39, 0.29) is 5.78 Å². The summed E-state index contributed by atoms with van der Waals surface area (Å²) in [5.41, 5.74) is -0.638. The molecule has 0 amide bonds. The minimum Gasteiger partial charge on any atom is -0.466 e. The third-order valence-corrected chi connectivity index (χ3v) is 3.30. The van der Waals surface area contributed by atoms with E-state index < -0.39 is 17.5 Å². The first-order chi connectivity index (χ1) is 7.50. The van der Waals surface area contributed by atoms with Gasteiger partial charge in [0.2, 0.25) is 0 Å². The highest BCUT2D eigenvalue weighted by Gasteiger charge is 2.44. The molecule has 1 aliphatic carbocycles. The number of aliphatic hydroxyl groups excluding tert-OH is 1. The summed E-state index contributed by atoms with van der Waals surface area (Å²) in [7, 11) is 1.32. The Bertz CT molecular complexity index is 308. The van der Waals surface area contributed by atoms with Crippen molar-refractivity contribution in [2.45, 2.75) is 38.7 Å². The summed E-state index contributed by atoms with van der Waals surface area (Å²) in [6.07, 6.45) is 4.64. The Morgan fingerprint density at radius 2 is 2.38 bits per heavy atom. The molecule has 4 nitrogen and oxygen atoms in total.